The third kappa shape index (κ3) is 3.73. The van der Waals surface area contributed by atoms with Crippen LogP contribution in [-0.2, 0) is 10.0 Å². The molecule has 0 unspecified atom stereocenters. The molecule has 0 bridgehead atoms. The first-order valence-electron chi connectivity index (χ1n) is 7.90. The van der Waals surface area contributed by atoms with Gasteiger partial charge in [0.25, 0.3) is 10.0 Å². The Labute approximate surface area is 156 Å². The normalized spacial score (nSPS) is 11.7. The predicted octanol–water partition coefficient (Wildman–Crippen LogP) is 4.72. The van der Waals surface area contributed by atoms with Crippen molar-refractivity contribution in [2.75, 3.05) is 4.72 Å². The molecular formula is C18H17ClFN3O2S. The molecule has 5 nitrogen and oxygen atoms in total. The van der Waals surface area contributed by atoms with Gasteiger partial charge in [-0.3, -0.25) is 9.40 Å². The maximum atomic E-state index is 13.3. The highest BCUT2D eigenvalue weighted by Crippen LogP contribution is 2.29. The van der Waals surface area contributed by atoms with E-state index in [1.807, 2.05) is 32.0 Å². The molecule has 136 valence electrons. The van der Waals surface area contributed by atoms with E-state index in [4.69, 9.17) is 11.6 Å². The largest absolute Gasteiger partial charge is 0.279 e. The van der Waals surface area contributed by atoms with Gasteiger partial charge in [-0.2, -0.15) is 5.10 Å². The summed E-state index contributed by atoms with van der Waals surface area (Å²) in [6, 6.07) is 12.7. The average Bonchev–Trinajstić information content (AvgIpc) is 3.05. The van der Waals surface area contributed by atoms with Crippen LogP contribution in [0.25, 0.3) is 11.3 Å². The summed E-state index contributed by atoms with van der Waals surface area (Å²) >= 11 is 5.74. The number of hydrogen-bond acceptors (Lipinski definition) is 3. The van der Waals surface area contributed by atoms with E-state index in [2.05, 4.69) is 9.82 Å². The second-order valence-electron chi connectivity index (χ2n) is 6.02. The van der Waals surface area contributed by atoms with E-state index in [1.54, 1.807) is 16.8 Å². The van der Waals surface area contributed by atoms with E-state index in [-0.39, 0.29) is 21.6 Å². The molecular weight excluding hydrogens is 377 g/mol. The van der Waals surface area contributed by atoms with Crippen molar-refractivity contribution in [1.29, 1.82) is 0 Å². The third-order valence-electron chi connectivity index (χ3n) is 3.74. The van der Waals surface area contributed by atoms with Crippen LogP contribution in [0, 0.1) is 5.82 Å². The molecule has 0 aliphatic rings. The summed E-state index contributed by atoms with van der Waals surface area (Å²) in [5.74, 6) is -0.618. The van der Waals surface area contributed by atoms with Gasteiger partial charge in [0.15, 0.2) is 0 Å². The summed E-state index contributed by atoms with van der Waals surface area (Å²) in [7, 11) is -3.95. The highest BCUT2D eigenvalue weighted by molar-refractivity contribution is 7.92. The highest BCUT2D eigenvalue weighted by Gasteiger charge is 2.24. The lowest BCUT2D eigenvalue weighted by molar-refractivity contribution is 0.532. The van der Waals surface area contributed by atoms with E-state index < -0.39 is 15.8 Å². The molecule has 26 heavy (non-hydrogen) atoms. The molecule has 2 aromatic carbocycles. The Balaban J connectivity index is 2.07. The molecule has 1 N–H and O–H groups in total. The fraction of sp³-hybridized carbons (Fsp3) is 0.167. The third-order valence-corrected chi connectivity index (χ3v) is 5.41. The van der Waals surface area contributed by atoms with Crippen molar-refractivity contribution < 1.29 is 12.8 Å². The fourth-order valence-corrected chi connectivity index (χ4v) is 3.79. The molecule has 0 atom stereocenters. The lowest BCUT2D eigenvalue weighted by Gasteiger charge is -2.08. The van der Waals surface area contributed by atoms with Gasteiger partial charge in [0.2, 0.25) is 0 Å². The number of nitrogens with zero attached hydrogens (tertiary/aromatic N) is 2. The Morgan fingerprint density at radius 2 is 1.85 bits per heavy atom. The van der Waals surface area contributed by atoms with Crippen molar-refractivity contribution >= 4 is 27.3 Å². The molecule has 3 aromatic rings. The number of aromatic nitrogens is 2. The Morgan fingerprint density at radius 3 is 2.46 bits per heavy atom. The van der Waals surface area contributed by atoms with E-state index in [0.717, 1.165) is 6.07 Å². The predicted molar refractivity (Wildman–Crippen MR) is 100 cm³/mol. The zero-order valence-electron chi connectivity index (χ0n) is 14.1. The Hall–Kier alpha value is -2.38. The summed E-state index contributed by atoms with van der Waals surface area (Å²) in [5, 5.41) is 4.27. The van der Waals surface area contributed by atoms with Crippen LogP contribution in [0.2, 0.25) is 5.02 Å². The number of halogens is 2. The van der Waals surface area contributed by atoms with Crippen molar-refractivity contribution in [2.45, 2.75) is 24.8 Å². The molecule has 1 heterocycles. The van der Waals surface area contributed by atoms with Crippen molar-refractivity contribution in [3.63, 3.8) is 0 Å². The molecule has 0 fully saturated rings. The smallest absolute Gasteiger partial charge is 0.265 e. The lowest BCUT2D eigenvalue weighted by Crippen LogP contribution is -2.13. The Bertz CT molecular complexity index is 1030. The number of sulfonamides is 1. The topological polar surface area (TPSA) is 64.0 Å². The minimum atomic E-state index is -3.95. The first-order chi connectivity index (χ1) is 12.3. The number of nitrogens with one attached hydrogen (secondary N) is 1. The van der Waals surface area contributed by atoms with Gasteiger partial charge in [0, 0.05) is 17.8 Å². The van der Waals surface area contributed by atoms with Crippen molar-refractivity contribution in [2.24, 2.45) is 0 Å². The SMILES string of the molecule is CC(C)n1cc(S(=O)(=O)Nc2ccc(F)c(Cl)c2)c(-c2ccccc2)n1. The molecule has 0 aliphatic heterocycles. The summed E-state index contributed by atoms with van der Waals surface area (Å²) in [6.45, 7) is 3.82. The quantitative estimate of drug-likeness (QED) is 0.681. The molecule has 8 heteroatoms. The van der Waals surface area contributed by atoms with Crippen molar-refractivity contribution in [1.82, 2.24) is 9.78 Å². The van der Waals surface area contributed by atoms with E-state index in [1.165, 1.54) is 18.3 Å². The van der Waals surface area contributed by atoms with Crippen LogP contribution in [-0.4, -0.2) is 18.2 Å². The second-order valence-corrected chi connectivity index (χ2v) is 8.07. The van der Waals surface area contributed by atoms with Gasteiger partial charge in [-0.05, 0) is 32.0 Å². The average molecular weight is 394 g/mol. The zero-order chi connectivity index (χ0) is 18.9. The molecule has 0 radical (unpaired) electrons. The van der Waals surface area contributed by atoms with Crippen LogP contribution in [0.5, 0.6) is 0 Å². The molecule has 1 aromatic heterocycles. The van der Waals surface area contributed by atoms with Gasteiger partial charge in [-0.25, -0.2) is 12.8 Å². The van der Waals surface area contributed by atoms with Gasteiger partial charge >= 0.3 is 0 Å². The zero-order valence-corrected chi connectivity index (χ0v) is 15.7. The van der Waals surface area contributed by atoms with Gasteiger partial charge in [-0.15, -0.1) is 0 Å². The minimum Gasteiger partial charge on any atom is -0.279 e. The van der Waals surface area contributed by atoms with Crippen LogP contribution < -0.4 is 4.72 Å². The summed E-state index contributed by atoms with van der Waals surface area (Å²) in [4.78, 5) is 0.0397. The van der Waals surface area contributed by atoms with Crippen LogP contribution >= 0.6 is 11.6 Å². The standard InChI is InChI=1S/C18H17ClFN3O2S/c1-12(2)23-11-17(18(21-23)13-6-4-3-5-7-13)26(24,25)22-14-8-9-16(20)15(19)10-14/h3-12,22H,1-2H3. The first kappa shape index (κ1) is 18.4. The molecule has 0 spiro atoms. The van der Waals surface area contributed by atoms with Crippen molar-refractivity contribution in [3.8, 4) is 11.3 Å². The maximum absolute atomic E-state index is 13.3. The number of anilines is 1. The van der Waals surface area contributed by atoms with Gasteiger partial charge in [0.1, 0.15) is 16.4 Å². The number of rotatable bonds is 5. The first-order valence-corrected chi connectivity index (χ1v) is 9.76. The maximum Gasteiger partial charge on any atom is 0.265 e. The molecule has 3 rings (SSSR count). The van der Waals surface area contributed by atoms with E-state index >= 15 is 0 Å². The Kier molecular flexibility index (Phi) is 5.02. The molecule has 0 amide bonds. The van der Waals surface area contributed by atoms with Crippen LogP contribution in [0.1, 0.15) is 19.9 Å². The van der Waals surface area contributed by atoms with E-state index in [9.17, 15) is 12.8 Å². The van der Waals surface area contributed by atoms with Crippen LogP contribution in [0.15, 0.2) is 59.6 Å². The van der Waals surface area contributed by atoms with Gasteiger partial charge < -0.3 is 0 Å². The molecule has 0 aliphatic carbocycles. The van der Waals surface area contributed by atoms with Gasteiger partial charge in [-0.1, -0.05) is 41.9 Å². The lowest BCUT2D eigenvalue weighted by atomic mass is 10.2. The number of hydrogen-bond donors (Lipinski definition) is 1. The summed E-state index contributed by atoms with van der Waals surface area (Å²) < 4.78 is 43.2. The summed E-state index contributed by atoms with van der Waals surface area (Å²) in [5.41, 5.74) is 1.21. The highest BCUT2D eigenvalue weighted by atomic mass is 35.5. The van der Waals surface area contributed by atoms with E-state index in [0.29, 0.717) is 11.3 Å². The minimum absolute atomic E-state index is 0.0123. The van der Waals surface area contributed by atoms with Crippen molar-refractivity contribution in [3.05, 3.63) is 65.6 Å². The summed E-state index contributed by atoms with van der Waals surface area (Å²) in [6.07, 6.45) is 1.49. The Morgan fingerprint density at radius 1 is 1.15 bits per heavy atom. The van der Waals surface area contributed by atoms with Crippen LogP contribution in [0.3, 0.4) is 0 Å². The van der Waals surface area contributed by atoms with Gasteiger partial charge in [0.05, 0.1) is 10.7 Å². The molecule has 0 saturated carbocycles. The molecule has 0 saturated heterocycles. The monoisotopic (exact) mass is 393 g/mol. The fourth-order valence-electron chi connectivity index (χ4n) is 2.40. The number of benzene rings is 2. The van der Waals surface area contributed by atoms with Crippen LogP contribution in [0.4, 0.5) is 10.1 Å². The second kappa shape index (κ2) is 7.09.